The van der Waals surface area contributed by atoms with Gasteiger partial charge < -0.3 is 14.9 Å². The van der Waals surface area contributed by atoms with Crippen molar-refractivity contribution in [1.29, 1.82) is 0 Å². The van der Waals surface area contributed by atoms with Crippen molar-refractivity contribution in [2.75, 3.05) is 0 Å². The van der Waals surface area contributed by atoms with Gasteiger partial charge in [0.1, 0.15) is 0 Å². The molecule has 152 valence electrons. The second-order valence-corrected chi connectivity index (χ2v) is 12.7. The van der Waals surface area contributed by atoms with Crippen molar-refractivity contribution in [3.63, 3.8) is 0 Å². The molecular formula is C26H32Si2Zr-4. The van der Waals surface area contributed by atoms with Gasteiger partial charge >= 0.3 is 30.2 Å². The predicted molar refractivity (Wildman–Crippen MR) is 133 cm³/mol. The van der Waals surface area contributed by atoms with E-state index in [1.165, 1.54) is 56.0 Å². The third-order valence-corrected chi connectivity index (χ3v) is 6.72. The fraction of sp³-hybridized carbons (Fsp3) is 0.192. The van der Waals surface area contributed by atoms with E-state index in [1.807, 2.05) is 12.2 Å². The standard InChI is InChI=1S/C19H21Si.C5H5.2CH3.Si.Zr/c1-14-8-9-16-6-5-7-18(19(14)16)15-10-12-17(13-11-15)20(2,3)4;1-2-4-5-3-1;;;;/h5-13H,1-4H3;1-3H,4H2;2*1H3;;/q4*-1;;. The maximum absolute atomic E-state index is 3.06. The Labute approximate surface area is 196 Å². The minimum atomic E-state index is -1.21. The first kappa shape index (κ1) is 27.8. The Bertz CT molecular complexity index is 915. The summed E-state index contributed by atoms with van der Waals surface area (Å²) in [6.45, 7) is 12.4. The third kappa shape index (κ3) is 7.55. The normalized spacial score (nSPS) is 11.4. The van der Waals surface area contributed by atoms with E-state index >= 15 is 0 Å². The molecule has 0 aromatic heterocycles. The zero-order valence-corrected chi connectivity index (χ0v) is 23.1. The minimum absolute atomic E-state index is 0. The van der Waals surface area contributed by atoms with Crippen molar-refractivity contribution >= 4 is 30.9 Å². The Morgan fingerprint density at radius 3 is 2.14 bits per heavy atom. The number of aryl methyl sites for hydroxylation is 1. The van der Waals surface area contributed by atoms with Gasteiger partial charge in [0.2, 0.25) is 0 Å². The van der Waals surface area contributed by atoms with Crippen LogP contribution >= 0.6 is 0 Å². The molecule has 29 heavy (non-hydrogen) atoms. The molecule has 0 saturated carbocycles. The fourth-order valence-corrected chi connectivity index (χ4v) is 4.34. The van der Waals surface area contributed by atoms with E-state index in [9.17, 15) is 0 Å². The number of allylic oxidation sites excluding steroid dienone is 4. The van der Waals surface area contributed by atoms with Gasteiger partial charge in [0.25, 0.3) is 0 Å². The van der Waals surface area contributed by atoms with Crippen molar-refractivity contribution in [2.45, 2.75) is 33.0 Å². The zero-order valence-electron chi connectivity index (χ0n) is 18.6. The molecule has 0 bridgehead atoms. The van der Waals surface area contributed by atoms with Crippen LogP contribution in [0, 0.1) is 27.9 Å². The van der Waals surface area contributed by atoms with E-state index < -0.39 is 8.07 Å². The van der Waals surface area contributed by atoms with Gasteiger partial charge in [0, 0.05) is 0 Å². The predicted octanol–water partition coefficient (Wildman–Crippen LogP) is 6.90. The average molecular weight is 492 g/mol. The van der Waals surface area contributed by atoms with Gasteiger partial charge in [0.05, 0.1) is 8.07 Å². The van der Waals surface area contributed by atoms with Gasteiger partial charge in [-0.25, -0.2) is 12.2 Å². The monoisotopic (exact) mass is 490 g/mol. The summed E-state index contributed by atoms with van der Waals surface area (Å²) in [5.41, 5.74) is 4.05. The summed E-state index contributed by atoms with van der Waals surface area (Å²) in [6.07, 6.45) is 10.0. The fourth-order valence-electron chi connectivity index (χ4n) is 3.18. The molecule has 0 saturated heterocycles. The number of hydrogen-bond acceptors (Lipinski definition) is 0. The molecule has 0 nitrogen and oxygen atoms in total. The first-order chi connectivity index (χ1) is 13.0. The van der Waals surface area contributed by atoms with Crippen molar-refractivity contribution in [3.05, 3.63) is 99.3 Å². The quantitative estimate of drug-likeness (QED) is 0.270. The van der Waals surface area contributed by atoms with Crippen LogP contribution in [0.15, 0.2) is 72.8 Å². The molecule has 3 aromatic rings. The molecule has 0 spiro atoms. The molecule has 0 atom stereocenters. The SMILES string of the molecule is Cc1c[cH-]c2cccc(-c3ccc([Si](C)(C)C)cc3)c12.[C-]1=CC=CC1.[CH3-].[CH3-].[Si]=[Zr]. The van der Waals surface area contributed by atoms with E-state index in [4.69, 9.17) is 0 Å². The molecule has 0 amide bonds. The Morgan fingerprint density at radius 1 is 1.00 bits per heavy atom. The number of fused-ring (bicyclic) bond motifs is 1. The second kappa shape index (κ2) is 13.2. The Kier molecular flexibility index (Phi) is 12.7. The van der Waals surface area contributed by atoms with Gasteiger partial charge in [-0.1, -0.05) is 67.6 Å². The van der Waals surface area contributed by atoms with Crippen LogP contribution in [-0.2, 0) is 23.3 Å². The molecular weight excluding hydrogens is 460 g/mol. The maximum atomic E-state index is 3.06. The Balaban J connectivity index is 0.000000753. The Morgan fingerprint density at radius 2 is 1.66 bits per heavy atom. The van der Waals surface area contributed by atoms with Crippen molar-refractivity contribution < 1.29 is 23.3 Å². The summed E-state index contributed by atoms with van der Waals surface area (Å²) in [5.74, 6) is 0. The summed E-state index contributed by atoms with van der Waals surface area (Å²) in [5, 5.41) is 4.26. The molecule has 3 aromatic carbocycles. The summed E-state index contributed by atoms with van der Waals surface area (Å²) in [6, 6.07) is 20.2. The summed E-state index contributed by atoms with van der Waals surface area (Å²) >= 11 is 1.36. The van der Waals surface area contributed by atoms with Crippen LogP contribution in [0.4, 0.5) is 0 Å². The summed E-state index contributed by atoms with van der Waals surface area (Å²) in [7, 11) is -1.21. The first-order valence-electron chi connectivity index (χ1n) is 9.19. The van der Waals surface area contributed by atoms with Crippen molar-refractivity contribution in [3.8, 4) is 11.1 Å². The van der Waals surface area contributed by atoms with E-state index in [0.29, 0.717) is 0 Å². The number of rotatable bonds is 2. The van der Waals surface area contributed by atoms with E-state index in [1.54, 1.807) is 0 Å². The van der Waals surface area contributed by atoms with Crippen molar-refractivity contribution in [2.24, 2.45) is 0 Å². The molecule has 1 aliphatic carbocycles. The van der Waals surface area contributed by atoms with Crippen LogP contribution in [0.25, 0.3) is 21.9 Å². The molecule has 1 aliphatic rings. The van der Waals surface area contributed by atoms with Gasteiger partial charge in [0.15, 0.2) is 0 Å². The number of hydrogen-bond donors (Lipinski definition) is 0. The van der Waals surface area contributed by atoms with Crippen LogP contribution in [-0.4, -0.2) is 15.0 Å². The first-order valence-corrected chi connectivity index (χ1v) is 16.9. The topological polar surface area (TPSA) is 0 Å². The second-order valence-electron chi connectivity index (χ2n) is 7.62. The van der Waals surface area contributed by atoms with Crippen molar-refractivity contribution in [1.82, 2.24) is 0 Å². The van der Waals surface area contributed by atoms with Crippen LogP contribution in [0.3, 0.4) is 0 Å². The van der Waals surface area contributed by atoms with Crippen LogP contribution in [0.5, 0.6) is 0 Å². The molecule has 2 radical (unpaired) electrons. The molecule has 0 N–H and O–H groups in total. The third-order valence-electron chi connectivity index (χ3n) is 4.65. The summed E-state index contributed by atoms with van der Waals surface area (Å²) in [4.78, 5) is 0. The molecule has 3 heteroatoms. The summed E-state index contributed by atoms with van der Waals surface area (Å²) < 4.78 is 0. The average Bonchev–Trinajstić information content (AvgIpc) is 3.37. The molecule has 0 fully saturated rings. The van der Waals surface area contributed by atoms with Gasteiger partial charge in [-0.05, 0) is 5.56 Å². The molecule has 0 aliphatic heterocycles. The van der Waals surface area contributed by atoms with Gasteiger partial charge in [-0.2, -0.15) is 17.7 Å². The molecule has 4 rings (SSSR count). The molecule has 0 unspecified atom stereocenters. The Hall–Kier alpha value is -1.15. The van der Waals surface area contributed by atoms with Gasteiger partial charge in [-0.3, -0.25) is 6.08 Å². The zero-order chi connectivity index (χ0) is 19.9. The van der Waals surface area contributed by atoms with Crippen LogP contribution < -0.4 is 5.19 Å². The number of benzene rings is 2. The van der Waals surface area contributed by atoms with Crippen LogP contribution in [0.1, 0.15) is 12.0 Å². The van der Waals surface area contributed by atoms with E-state index in [-0.39, 0.29) is 14.9 Å². The molecule has 0 heterocycles. The van der Waals surface area contributed by atoms with Crippen LogP contribution in [0.2, 0.25) is 19.6 Å². The van der Waals surface area contributed by atoms with E-state index in [2.05, 4.69) is 100 Å². The van der Waals surface area contributed by atoms with Gasteiger partial charge in [-0.15, -0.1) is 35.4 Å². The van der Waals surface area contributed by atoms with E-state index in [0.717, 1.165) is 6.42 Å².